The number of carbonyl (C=O) groups is 3. The van der Waals surface area contributed by atoms with Gasteiger partial charge in [0.2, 0.25) is 17.7 Å². The van der Waals surface area contributed by atoms with E-state index < -0.39 is 6.04 Å². The Kier molecular flexibility index (Phi) is 9.45. The summed E-state index contributed by atoms with van der Waals surface area (Å²) in [5.74, 6) is 0.135. The number of amides is 3. The van der Waals surface area contributed by atoms with Crippen LogP contribution >= 0.6 is 11.3 Å². The number of hydrogen-bond donors (Lipinski definition) is 4. The lowest BCUT2D eigenvalue weighted by Gasteiger charge is -2.24. The molecule has 0 radical (unpaired) electrons. The standard InChI is InChI=1S/C24H31N5O4S/c25-23(26)17-13-19(34-16-17)14-28-24(32)20-9-6-11-29(20)22(31)15-27-21(30)10-4-5-12-33-18-7-2-1-3-8-18/h1-3,7-8,13,16,20H,4-6,9-12,14-15H2,(H3,25,26)(H,27,30)(H,28,32). The molecule has 1 aromatic carbocycles. The van der Waals surface area contributed by atoms with Crippen molar-refractivity contribution in [2.75, 3.05) is 19.7 Å². The average molecular weight is 486 g/mol. The number of amidine groups is 1. The van der Waals surface area contributed by atoms with Gasteiger partial charge in [-0.3, -0.25) is 19.8 Å². The number of thiophene rings is 1. The third kappa shape index (κ3) is 7.58. The van der Waals surface area contributed by atoms with E-state index in [-0.39, 0.29) is 30.1 Å². The smallest absolute Gasteiger partial charge is 0.243 e. The fraction of sp³-hybridized carbons (Fsp3) is 0.417. The summed E-state index contributed by atoms with van der Waals surface area (Å²) in [6.07, 6.45) is 3.06. The molecule has 2 aromatic rings. The van der Waals surface area contributed by atoms with E-state index in [4.69, 9.17) is 15.9 Å². The highest BCUT2D eigenvalue weighted by atomic mass is 32.1. The molecule has 1 aliphatic rings. The number of unbranched alkanes of at least 4 members (excludes halogenated alkanes) is 1. The van der Waals surface area contributed by atoms with Crippen LogP contribution in [0, 0.1) is 5.41 Å². The van der Waals surface area contributed by atoms with Crippen LogP contribution in [0.2, 0.25) is 0 Å². The van der Waals surface area contributed by atoms with Crippen LogP contribution in [-0.2, 0) is 20.9 Å². The number of likely N-dealkylation sites (tertiary alicyclic amines) is 1. The minimum atomic E-state index is -0.535. The van der Waals surface area contributed by atoms with Gasteiger partial charge in [0, 0.05) is 28.8 Å². The molecule has 1 aliphatic heterocycles. The highest BCUT2D eigenvalue weighted by Gasteiger charge is 2.33. The lowest BCUT2D eigenvalue weighted by atomic mass is 10.2. The lowest BCUT2D eigenvalue weighted by Crippen LogP contribution is -2.48. The van der Waals surface area contributed by atoms with E-state index in [9.17, 15) is 14.4 Å². The number of para-hydroxylation sites is 1. The van der Waals surface area contributed by atoms with Gasteiger partial charge in [0.1, 0.15) is 17.6 Å². The van der Waals surface area contributed by atoms with Gasteiger partial charge < -0.3 is 26.0 Å². The molecule has 10 heteroatoms. The topological polar surface area (TPSA) is 138 Å². The van der Waals surface area contributed by atoms with Crippen molar-refractivity contribution in [3.8, 4) is 5.75 Å². The van der Waals surface area contributed by atoms with E-state index in [1.54, 1.807) is 16.3 Å². The van der Waals surface area contributed by atoms with Gasteiger partial charge in [-0.25, -0.2) is 0 Å². The number of ether oxygens (including phenoxy) is 1. The number of nitrogen functional groups attached to an aromatic ring is 1. The summed E-state index contributed by atoms with van der Waals surface area (Å²) in [6, 6.07) is 10.7. The second-order valence-corrected chi connectivity index (χ2v) is 9.07. The fourth-order valence-electron chi connectivity index (χ4n) is 3.70. The van der Waals surface area contributed by atoms with Crippen LogP contribution in [0.1, 0.15) is 42.5 Å². The fourth-order valence-corrected chi connectivity index (χ4v) is 4.53. The molecule has 1 unspecified atom stereocenters. The van der Waals surface area contributed by atoms with Crippen molar-refractivity contribution >= 4 is 34.9 Å². The molecule has 2 heterocycles. The second-order valence-electron chi connectivity index (χ2n) is 8.07. The number of nitrogens with one attached hydrogen (secondary N) is 3. The monoisotopic (exact) mass is 485 g/mol. The van der Waals surface area contributed by atoms with E-state index in [2.05, 4.69) is 10.6 Å². The zero-order valence-electron chi connectivity index (χ0n) is 19.0. The van der Waals surface area contributed by atoms with E-state index in [0.29, 0.717) is 44.5 Å². The maximum atomic E-state index is 12.7. The van der Waals surface area contributed by atoms with E-state index in [1.165, 1.54) is 11.3 Å². The van der Waals surface area contributed by atoms with Crippen molar-refractivity contribution in [3.05, 3.63) is 52.2 Å². The molecular weight excluding hydrogens is 454 g/mol. The predicted molar refractivity (Wildman–Crippen MR) is 131 cm³/mol. The quantitative estimate of drug-likeness (QED) is 0.207. The summed E-state index contributed by atoms with van der Waals surface area (Å²) in [5.41, 5.74) is 6.10. The SMILES string of the molecule is N=C(N)c1csc(CNC(=O)C2CCCN2C(=O)CNC(=O)CCCCOc2ccccc2)c1. The van der Waals surface area contributed by atoms with Crippen LogP contribution in [0.3, 0.4) is 0 Å². The van der Waals surface area contributed by atoms with Gasteiger partial charge in [-0.1, -0.05) is 18.2 Å². The van der Waals surface area contributed by atoms with E-state index in [1.807, 2.05) is 30.3 Å². The summed E-state index contributed by atoms with van der Waals surface area (Å²) >= 11 is 1.42. The van der Waals surface area contributed by atoms with Gasteiger partial charge >= 0.3 is 0 Å². The third-order valence-corrected chi connectivity index (χ3v) is 6.46. The highest BCUT2D eigenvalue weighted by molar-refractivity contribution is 7.10. The molecule has 1 saturated heterocycles. The van der Waals surface area contributed by atoms with E-state index in [0.717, 1.165) is 23.5 Å². The van der Waals surface area contributed by atoms with Crippen LogP contribution in [0.5, 0.6) is 5.75 Å². The number of benzene rings is 1. The van der Waals surface area contributed by atoms with Crippen molar-refractivity contribution < 1.29 is 19.1 Å². The zero-order valence-corrected chi connectivity index (χ0v) is 19.9. The zero-order chi connectivity index (χ0) is 24.3. The van der Waals surface area contributed by atoms with Crippen molar-refractivity contribution in [1.29, 1.82) is 5.41 Å². The van der Waals surface area contributed by atoms with Crippen LogP contribution in [0.25, 0.3) is 0 Å². The molecule has 182 valence electrons. The number of hydrogen-bond acceptors (Lipinski definition) is 6. The minimum absolute atomic E-state index is 0.0102. The predicted octanol–water partition coefficient (Wildman–Crippen LogP) is 2.00. The first-order valence-corrected chi connectivity index (χ1v) is 12.3. The first-order valence-electron chi connectivity index (χ1n) is 11.4. The summed E-state index contributed by atoms with van der Waals surface area (Å²) in [4.78, 5) is 39.8. The second kappa shape index (κ2) is 12.7. The van der Waals surface area contributed by atoms with Crippen molar-refractivity contribution in [2.24, 2.45) is 5.73 Å². The van der Waals surface area contributed by atoms with Crippen LogP contribution in [-0.4, -0.2) is 54.2 Å². The molecule has 0 spiro atoms. The largest absolute Gasteiger partial charge is 0.494 e. The van der Waals surface area contributed by atoms with E-state index >= 15 is 0 Å². The van der Waals surface area contributed by atoms with Crippen molar-refractivity contribution in [1.82, 2.24) is 15.5 Å². The molecule has 0 aliphatic carbocycles. The Morgan fingerprint density at radius 1 is 1.18 bits per heavy atom. The highest BCUT2D eigenvalue weighted by Crippen LogP contribution is 2.19. The van der Waals surface area contributed by atoms with Crippen LogP contribution in [0.4, 0.5) is 0 Å². The third-order valence-electron chi connectivity index (χ3n) is 5.52. The number of carbonyl (C=O) groups excluding carboxylic acids is 3. The Morgan fingerprint density at radius 2 is 1.97 bits per heavy atom. The first kappa shape index (κ1) is 25.2. The van der Waals surface area contributed by atoms with Gasteiger partial charge in [0.25, 0.3) is 0 Å². The van der Waals surface area contributed by atoms with Gasteiger partial charge in [-0.15, -0.1) is 11.3 Å². The van der Waals surface area contributed by atoms with Gasteiger partial charge in [0.05, 0.1) is 19.7 Å². The van der Waals surface area contributed by atoms with Crippen LogP contribution < -0.4 is 21.1 Å². The normalized spacial score (nSPS) is 15.1. The Labute approximate surface area is 203 Å². The van der Waals surface area contributed by atoms with Crippen LogP contribution in [0.15, 0.2) is 41.8 Å². The molecule has 1 atom stereocenters. The molecule has 5 N–H and O–H groups in total. The summed E-state index contributed by atoms with van der Waals surface area (Å²) in [7, 11) is 0. The Hall–Kier alpha value is -3.40. The molecule has 1 fully saturated rings. The molecule has 0 saturated carbocycles. The maximum Gasteiger partial charge on any atom is 0.243 e. The molecule has 3 amide bonds. The van der Waals surface area contributed by atoms with Gasteiger partial charge in [0.15, 0.2) is 0 Å². The Morgan fingerprint density at radius 3 is 2.71 bits per heavy atom. The van der Waals surface area contributed by atoms with Gasteiger partial charge in [-0.05, 0) is 43.9 Å². The molecular formula is C24H31N5O4S. The summed E-state index contributed by atoms with van der Waals surface area (Å²) in [5, 5.41) is 14.8. The number of nitrogens with two attached hydrogens (primary N) is 1. The first-order chi connectivity index (χ1) is 16.4. The molecule has 9 nitrogen and oxygen atoms in total. The maximum absolute atomic E-state index is 12.7. The van der Waals surface area contributed by atoms with Crippen molar-refractivity contribution in [3.63, 3.8) is 0 Å². The summed E-state index contributed by atoms with van der Waals surface area (Å²) < 4.78 is 5.60. The molecule has 1 aromatic heterocycles. The lowest BCUT2D eigenvalue weighted by molar-refractivity contribution is -0.138. The molecule has 3 rings (SSSR count). The Balaban J connectivity index is 1.34. The summed E-state index contributed by atoms with van der Waals surface area (Å²) in [6.45, 7) is 1.23. The number of rotatable bonds is 12. The molecule has 0 bridgehead atoms. The molecule has 34 heavy (non-hydrogen) atoms. The van der Waals surface area contributed by atoms with Gasteiger partial charge in [-0.2, -0.15) is 0 Å². The van der Waals surface area contributed by atoms with Crippen molar-refractivity contribution in [2.45, 2.75) is 44.7 Å². The minimum Gasteiger partial charge on any atom is -0.494 e. The average Bonchev–Trinajstić information content (AvgIpc) is 3.52. The Bertz CT molecular complexity index is 994. The number of nitrogens with zero attached hydrogens (tertiary/aromatic N) is 1.